The molecule has 7 heteroatoms. The van der Waals surface area contributed by atoms with Crippen LogP contribution in [0.4, 0.5) is 14.2 Å². The average molecular weight is 469 g/mol. The molecule has 0 radical (unpaired) electrons. The number of carbonyl (C=O) groups is 1. The smallest absolute Gasteiger partial charge is 0.415 e. The van der Waals surface area contributed by atoms with Crippen molar-refractivity contribution in [1.82, 2.24) is 0 Å². The van der Waals surface area contributed by atoms with Gasteiger partial charge in [0.2, 0.25) is 0 Å². The summed E-state index contributed by atoms with van der Waals surface area (Å²) in [6.07, 6.45) is 3.80. The van der Waals surface area contributed by atoms with Crippen molar-refractivity contribution in [3.8, 4) is 0 Å². The number of amides is 1. The van der Waals surface area contributed by atoms with E-state index in [9.17, 15) is 9.18 Å². The lowest BCUT2D eigenvalue weighted by Crippen LogP contribution is -3.00. The first-order chi connectivity index (χ1) is 12.9. The van der Waals surface area contributed by atoms with Crippen molar-refractivity contribution >= 4 is 22.4 Å². The van der Waals surface area contributed by atoms with Gasteiger partial charge in [-0.2, -0.15) is 0 Å². The van der Waals surface area contributed by atoms with Crippen molar-refractivity contribution in [1.29, 1.82) is 0 Å². The van der Waals surface area contributed by atoms with Crippen LogP contribution in [-0.4, -0.2) is 42.9 Å². The molecule has 2 atom stereocenters. The number of halogens is 2. The lowest BCUT2D eigenvalue weighted by Gasteiger charge is -2.44. The van der Waals surface area contributed by atoms with Crippen LogP contribution in [0, 0.1) is 5.82 Å². The average Bonchev–Trinajstić information content (AvgIpc) is 3.17. The third-order valence-corrected chi connectivity index (χ3v) is 7.22. The topological polar surface area (TPSA) is 29.5 Å². The minimum Gasteiger partial charge on any atom is -1.00 e. The number of ether oxygens (including phenoxy) is 1. The van der Waals surface area contributed by atoms with Crippen LogP contribution >= 0.6 is 11.3 Å². The molecule has 28 heavy (non-hydrogen) atoms. The van der Waals surface area contributed by atoms with E-state index < -0.39 is 0 Å². The summed E-state index contributed by atoms with van der Waals surface area (Å²) in [6.45, 7) is 0.174. The minimum atomic E-state index is -0.377. The van der Waals surface area contributed by atoms with Gasteiger partial charge in [-0.05, 0) is 23.6 Å². The summed E-state index contributed by atoms with van der Waals surface area (Å²) in [7, 11) is 4.58. The van der Waals surface area contributed by atoms with Crippen LogP contribution < -0.4 is 21.9 Å². The van der Waals surface area contributed by atoms with Crippen LogP contribution in [0.15, 0.2) is 41.8 Å². The normalized spacial score (nSPS) is 25.0. The number of anilines is 1. The molecule has 0 saturated carbocycles. The number of carbonyl (C=O) groups excluding carboxylic acids is 1. The number of benzene rings is 1. The van der Waals surface area contributed by atoms with Gasteiger partial charge in [-0.1, -0.05) is 18.2 Å². The molecule has 1 amide bonds. The molecule has 2 saturated heterocycles. The Labute approximate surface area is 180 Å². The number of fused-ring (bicyclic) bond motifs is 2. The summed E-state index contributed by atoms with van der Waals surface area (Å²) in [5, 5.41) is 2.69. The predicted octanol–water partition coefficient (Wildman–Crippen LogP) is 1.80. The standard InChI is InChI=1S/C21H26FN2O2S.BrH/c1-24(2)16-9-10-17(24)13-18(12-16)26-21(25)23(20-8-5-11-27-20)14-15-6-3-4-7-19(15)22;/h3-8,11,16-18H,9-10,12-14H2,1-2H3;1H/q+1;/p-1. The van der Waals surface area contributed by atoms with Crippen molar-refractivity contribution in [2.24, 2.45) is 0 Å². The van der Waals surface area contributed by atoms with Gasteiger partial charge in [0.25, 0.3) is 0 Å². The molecule has 4 nitrogen and oxygen atoms in total. The lowest BCUT2D eigenvalue weighted by atomic mass is 9.98. The van der Waals surface area contributed by atoms with E-state index in [4.69, 9.17) is 4.74 Å². The highest BCUT2D eigenvalue weighted by Crippen LogP contribution is 2.40. The molecule has 0 aliphatic carbocycles. The first-order valence-corrected chi connectivity index (χ1v) is 10.4. The van der Waals surface area contributed by atoms with Gasteiger partial charge in [0.05, 0.1) is 32.7 Å². The number of piperidine rings is 1. The summed E-state index contributed by atoms with van der Waals surface area (Å²) >= 11 is 1.46. The molecule has 2 aromatic rings. The monoisotopic (exact) mass is 468 g/mol. The summed E-state index contributed by atoms with van der Waals surface area (Å²) in [4.78, 5) is 14.6. The Hall–Kier alpha value is -1.44. The maximum absolute atomic E-state index is 14.1. The zero-order valence-corrected chi connectivity index (χ0v) is 18.6. The molecule has 2 aliphatic rings. The highest BCUT2D eigenvalue weighted by atomic mass is 79.9. The van der Waals surface area contributed by atoms with E-state index in [1.54, 1.807) is 23.1 Å². The van der Waals surface area contributed by atoms with Crippen LogP contribution in [0.5, 0.6) is 0 Å². The number of thiophene rings is 1. The maximum Gasteiger partial charge on any atom is 0.415 e. The third-order valence-electron chi connectivity index (χ3n) is 6.33. The third kappa shape index (κ3) is 4.11. The molecule has 2 fully saturated rings. The first-order valence-electron chi connectivity index (χ1n) is 9.53. The van der Waals surface area contributed by atoms with Crippen molar-refractivity contribution in [3.63, 3.8) is 0 Å². The molecule has 152 valence electrons. The molecule has 3 heterocycles. The van der Waals surface area contributed by atoms with Crippen molar-refractivity contribution in [2.45, 2.75) is 50.4 Å². The number of hydrogen-bond donors (Lipinski definition) is 0. The van der Waals surface area contributed by atoms with Crippen LogP contribution in [0.2, 0.25) is 0 Å². The Bertz CT molecular complexity index is 798. The molecule has 2 unspecified atom stereocenters. The summed E-state index contributed by atoms with van der Waals surface area (Å²) < 4.78 is 21.1. The fourth-order valence-electron chi connectivity index (χ4n) is 4.59. The van der Waals surface area contributed by atoms with E-state index in [2.05, 4.69) is 14.1 Å². The molecule has 1 aromatic heterocycles. The van der Waals surface area contributed by atoms with E-state index in [1.807, 2.05) is 17.5 Å². The number of hydrogen-bond acceptors (Lipinski definition) is 3. The number of quaternary nitrogens is 1. The molecular formula is C21H26BrFN2O2S. The Balaban J connectivity index is 0.00000225. The molecule has 0 spiro atoms. The van der Waals surface area contributed by atoms with Gasteiger partial charge in [-0.15, -0.1) is 11.3 Å². The fraction of sp³-hybridized carbons (Fsp3) is 0.476. The van der Waals surface area contributed by atoms with E-state index in [0.717, 1.165) is 22.3 Å². The van der Waals surface area contributed by atoms with Gasteiger partial charge in [-0.25, -0.2) is 9.18 Å². The minimum absolute atomic E-state index is 0. The van der Waals surface area contributed by atoms with Gasteiger partial charge in [0.15, 0.2) is 0 Å². The molecular weight excluding hydrogens is 443 g/mol. The SMILES string of the molecule is C[N+]1(C)C2CCC1CC(OC(=O)N(Cc1ccccc1F)c1cccs1)C2.[Br-]. The van der Waals surface area contributed by atoms with E-state index in [0.29, 0.717) is 17.6 Å². The zero-order chi connectivity index (χ0) is 19.0. The maximum atomic E-state index is 14.1. The van der Waals surface area contributed by atoms with Crippen molar-refractivity contribution in [3.05, 3.63) is 53.2 Å². The Morgan fingerprint density at radius 3 is 2.46 bits per heavy atom. The number of rotatable bonds is 4. The van der Waals surface area contributed by atoms with Gasteiger partial charge in [0.1, 0.15) is 16.9 Å². The second-order valence-corrected chi connectivity index (χ2v) is 9.05. The van der Waals surface area contributed by atoms with Gasteiger partial charge < -0.3 is 26.2 Å². The fourth-order valence-corrected chi connectivity index (χ4v) is 5.31. The molecule has 1 aromatic carbocycles. The van der Waals surface area contributed by atoms with Crippen LogP contribution in [-0.2, 0) is 11.3 Å². The Morgan fingerprint density at radius 2 is 1.86 bits per heavy atom. The largest absolute Gasteiger partial charge is 1.00 e. The number of nitrogens with zero attached hydrogens (tertiary/aromatic N) is 2. The summed E-state index contributed by atoms with van der Waals surface area (Å²) in [6, 6.07) is 11.5. The van der Waals surface area contributed by atoms with Gasteiger partial charge >= 0.3 is 6.09 Å². The van der Waals surface area contributed by atoms with Crippen LogP contribution in [0.25, 0.3) is 0 Å². The predicted molar refractivity (Wildman–Crippen MR) is 105 cm³/mol. The summed E-state index contributed by atoms with van der Waals surface area (Å²) in [5.74, 6) is -0.304. The second kappa shape index (κ2) is 8.51. The quantitative estimate of drug-likeness (QED) is 0.640. The van der Waals surface area contributed by atoms with Crippen molar-refractivity contribution in [2.75, 3.05) is 19.0 Å². The van der Waals surface area contributed by atoms with Gasteiger partial charge in [-0.3, -0.25) is 4.90 Å². The van der Waals surface area contributed by atoms with E-state index >= 15 is 0 Å². The van der Waals surface area contributed by atoms with Crippen LogP contribution in [0.1, 0.15) is 31.2 Å². The van der Waals surface area contributed by atoms with E-state index in [1.165, 1.54) is 30.2 Å². The molecule has 2 bridgehead atoms. The molecule has 4 rings (SSSR count). The zero-order valence-electron chi connectivity index (χ0n) is 16.2. The highest BCUT2D eigenvalue weighted by Gasteiger charge is 2.50. The molecule has 0 N–H and O–H groups in total. The van der Waals surface area contributed by atoms with Crippen molar-refractivity contribution < 1.29 is 35.4 Å². The highest BCUT2D eigenvalue weighted by molar-refractivity contribution is 7.14. The summed E-state index contributed by atoms with van der Waals surface area (Å²) in [5.41, 5.74) is 0.490. The van der Waals surface area contributed by atoms with E-state index in [-0.39, 0.29) is 41.5 Å². The second-order valence-electron chi connectivity index (χ2n) is 8.12. The first kappa shape index (κ1) is 21.3. The van der Waals surface area contributed by atoms with Gasteiger partial charge in [0, 0.05) is 31.2 Å². The molecule has 2 aliphatic heterocycles. The Kier molecular flexibility index (Phi) is 6.47. The Morgan fingerprint density at radius 1 is 1.18 bits per heavy atom. The van der Waals surface area contributed by atoms with Crippen LogP contribution in [0.3, 0.4) is 0 Å². The lowest BCUT2D eigenvalue weighted by molar-refractivity contribution is -0.931.